The second-order valence-electron chi connectivity index (χ2n) is 3.84. The lowest BCUT2D eigenvalue weighted by Gasteiger charge is -2.12. The van der Waals surface area contributed by atoms with E-state index in [9.17, 15) is 4.79 Å². The van der Waals surface area contributed by atoms with E-state index < -0.39 is 5.91 Å². The van der Waals surface area contributed by atoms with E-state index in [0.29, 0.717) is 29.4 Å². The van der Waals surface area contributed by atoms with Gasteiger partial charge in [-0.15, -0.1) is 0 Å². The quantitative estimate of drug-likeness (QED) is 0.895. The van der Waals surface area contributed by atoms with Gasteiger partial charge in [-0.3, -0.25) is 4.79 Å². The predicted octanol–water partition coefficient (Wildman–Crippen LogP) is 2.98. The summed E-state index contributed by atoms with van der Waals surface area (Å²) in [5.74, 6) is 1.08. The zero-order valence-electron chi connectivity index (χ0n) is 10.6. The minimum absolute atomic E-state index is 0.341. The van der Waals surface area contributed by atoms with E-state index in [2.05, 4.69) is 0 Å². The Kier molecular flexibility index (Phi) is 4.03. The summed E-state index contributed by atoms with van der Waals surface area (Å²) in [5, 5.41) is 0. The van der Waals surface area contributed by atoms with Crippen LogP contribution in [0.1, 0.15) is 17.3 Å². The van der Waals surface area contributed by atoms with Gasteiger partial charge in [-0.2, -0.15) is 0 Å². The molecule has 2 rings (SSSR count). The fourth-order valence-corrected chi connectivity index (χ4v) is 1.69. The minimum Gasteiger partial charge on any atom is -0.490 e. The molecule has 4 nitrogen and oxygen atoms in total. The fourth-order valence-electron chi connectivity index (χ4n) is 1.69. The molecule has 0 saturated carbocycles. The number of carbonyl (C=O) groups excluding carboxylic acids is 1. The number of hydrogen-bond acceptors (Lipinski definition) is 3. The molecule has 4 heteroatoms. The second kappa shape index (κ2) is 5.91. The Morgan fingerprint density at radius 2 is 1.58 bits per heavy atom. The zero-order valence-corrected chi connectivity index (χ0v) is 10.6. The van der Waals surface area contributed by atoms with Crippen LogP contribution in [0.25, 0.3) is 0 Å². The Hall–Kier alpha value is -2.49. The first-order chi connectivity index (χ1) is 9.22. The molecular formula is C15H15NO3. The van der Waals surface area contributed by atoms with Gasteiger partial charge < -0.3 is 15.2 Å². The SMILES string of the molecule is CCOc1ccccc1Oc1ccccc1C(N)=O. The number of benzene rings is 2. The normalized spacial score (nSPS) is 9.95. The molecule has 0 fully saturated rings. The maximum absolute atomic E-state index is 11.3. The third-order valence-corrected chi connectivity index (χ3v) is 2.52. The van der Waals surface area contributed by atoms with E-state index in [1.54, 1.807) is 30.3 Å². The summed E-state index contributed by atoms with van der Waals surface area (Å²) in [6.07, 6.45) is 0. The number of amides is 1. The summed E-state index contributed by atoms with van der Waals surface area (Å²) < 4.78 is 11.2. The number of ether oxygens (including phenoxy) is 2. The van der Waals surface area contributed by atoms with E-state index in [4.69, 9.17) is 15.2 Å². The van der Waals surface area contributed by atoms with Crippen molar-refractivity contribution < 1.29 is 14.3 Å². The molecule has 0 heterocycles. The van der Waals surface area contributed by atoms with E-state index in [-0.39, 0.29) is 0 Å². The lowest BCUT2D eigenvalue weighted by molar-refractivity contribution is 0.0998. The van der Waals surface area contributed by atoms with Crippen molar-refractivity contribution in [2.75, 3.05) is 6.61 Å². The molecule has 1 amide bonds. The molecule has 0 unspecified atom stereocenters. The van der Waals surface area contributed by atoms with E-state index >= 15 is 0 Å². The van der Waals surface area contributed by atoms with Crippen LogP contribution in [-0.4, -0.2) is 12.5 Å². The highest BCUT2D eigenvalue weighted by atomic mass is 16.5. The average Bonchev–Trinajstić information content (AvgIpc) is 2.42. The van der Waals surface area contributed by atoms with Gasteiger partial charge in [0.05, 0.1) is 12.2 Å². The third-order valence-electron chi connectivity index (χ3n) is 2.52. The Morgan fingerprint density at radius 3 is 2.21 bits per heavy atom. The molecule has 0 atom stereocenters. The first kappa shape index (κ1) is 13.0. The summed E-state index contributed by atoms with van der Waals surface area (Å²) in [5.41, 5.74) is 5.66. The molecule has 98 valence electrons. The Balaban J connectivity index is 2.34. The minimum atomic E-state index is -0.524. The molecule has 0 spiro atoms. The molecule has 0 aliphatic carbocycles. The van der Waals surface area contributed by atoms with Gasteiger partial charge in [0.25, 0.3) is 5.91 Å². The van der Waals surface area contributed by atoms with Crippen LogP contribution in [0.3, 0.4) is 0 Å². The average molecular weight is 257 g/mol. The van der Waals surface area contributed by atoms with Crippen LogP contribution in [0.4, 0.5) is 0 Å². The van der Waals surface area contributed by atoms with Gasteiger partial charge in [0.15, 0.2) is 11.5 Å². The largest absolute Gasteiger partial charge is 0.490 e. The van der Waals surface area contributed by atoms with Gasteiger partial charge in [0.1, 0.15) is 5.75 Å². The number of para-hydroxylation sites is 3. The standard InChI is InChI=1S/C15H15NO3/c1-2-18-13-9-5-6-10-14(13)19-12-8-4-3-7-11(12)15(16)17/h3-10H,2H2,1H3,(H2,16,17). The van der Waals surface area contributed by atoms with Crippen LogP contribution in [0.2, 0.25) is 0 Å². The lowest BCUT2D eigenvalue weighted by atomic mass is 10.2. The highest BCUT2D eigenvalue weighted by molar-refractivity contribution is 5.95. The van der Waals surface area contributed by atoms with Gasteiger partial charge in [-0.1, -0.05) is 24.3 Å². The second-order valence-corrected chi connectivity index (χ2v) is 3.84. The lowest BCUT2D eigenvalue weighted by Crippen LogP contribution is -2.12. The van der Waals surface area contributed by atoms with Crippen molar-refractivity contribution in [3.63, 3.8) is 0 Å². The number of carbonyl (C=O) groups is 1. The summed E-state index contributed by atoms with van der Waals surface area (Å²) in [6.45, 7) is 2.44. The molecule has 0 aliphatic rings. The number of hydrogen-bond donors (Lipinski definition) is 1. The number of rotatable bonds is 5. The molecule has 0 radical (unpaired) electrons. The van der Waals surface area contributed by atoms with Crippen molar-refractivity contribution in [1.82, 2.24) is 0 Å². The van der Waals surface area contributed by atoms with Crippen molar-refractivity contribution in [2.24, 2.45) is 5.73 Å². The molecule has 19 heavy (non-hydrogen) atoms. The highest BCUT2D eigenvalue weighted by Gasteiger charge is 2.11. The smallest absolute Gasteiger partial charge is 0.252 e. The third kappa shape index (κ3) is 3.04. The summed E-state index contributed by atoms with van der Waals surface area (Å²) >= 11 is 0. The van der Waals surface area contributed by atoms with Gasteiger partial charge in [-0.05, 0) is 31.2 Å². The number of primary amides is 1. The molecule has 0 aliphatic heterocycles. The highest BCUT2D eigenvalue weighted by Crippen LogP contribution is 2.32. The van der Waals surface area contributed by atoms with Crippen molar-refractivity contribution in [3.05, 3.63) is 54.1 Å². The van der Waals surface area contributed by atoms with E-state index in [0.717, 1.165) is 0 Å². The summed E-state index contributed by atoms with van der Waals surface area (Å²) in [7, 11) is 0. The monoisotopic (exact) mass is 257 g/mol. The van der Waals surface area contributed by atoms with Crippen molar-refractivity contribution in [3.8, 4) is 17.2 Å². The number of nitrogens with two attached hydrogens (primary N) is 1. The van der Waals surface area contributed by atoms with E-state index in [1.807, 2.05) is 25.1 Å². The predicted molar refractivity (Wildman–Crippen MR) is 72.6 cm³/mol. The molecular weight excluding hydrogens is 242 g/mol. The molecule has 0 bridgehead atoms. The van der Waals surface area contributed by atoms with Gasteiger partial charge in [0.2, 0.25) is 0 Å². The summed E-state index contributed by atoms with van der Waals surface area (Å²) in [6, 6.07) is 14.1. The molecule has 2 aromatic carbocycles. The zero-order chi connectivity index (χ0) is 13.7. The Labute approximate surface area is 111 Å². The van der Waals surface area contributed by atoms with Crippen LogP contribution >= 0.6 is 0 Å². The van der Waals surface area contributed by atoms with E-state index in [1.165, 1.54) is 0 Å². The van der Waals surface area contributed by atoms with Crippen LogP contribution in [0, 0.1) is 0 Å². The van der Waals surface area contributed by atoms with Crippen LogP contribution in [0.5, 0.6) is 17.2 Å². The van der Waals surface area contributed by atoms with Crippen molar-refractivity contribution >= 4 is 5.91 Å². The summed E-state index contributed by atoms with van der Waals surface area (Å²) in [4.78, 5) is 11.3. The molecule has 0 saturated heterocycles. The fraction of sp³-hybridized carbons (Fsp3) is 0.133. The van der Waals surface area contributed by atoms with Gasteiger partial charge in [0, 0.05) is 0 Å². The van der Waals surface area contributed by atoms with Crippen LogP contribution in [-0.2, 0) is 0 Å². The Morgan fingerprint density at radius 1 is 1.00 bits per heavy atom. The molecule has 2 aromatic rings. The maximum atomic E-state index is 11.3. The van der Waals surface area contributed by atoms with Crippen molar-refractivity contribution in [2.45, 2.75) is 6.92 Å². The van der Waals surface area contributed by atoms with Crippen LogP contribution in [0.15, 0.2) is 48.5 Å². The first-order valence-electron chi connectivity index (χ1n) is 6.01. The first-order valence-corrected chi connectivity index (χ1v) is 6.01. The van der Waals surface area contributed by atoms with Crippen LogP contribution < -0.4 is 15.2 Å². The van der Waals surface area contributed by atoms with Gasteiger partial charge in [-0.25, -0.2) is 0 Å². The van der Waals surface area contributed by atoms with Crippen molar-refractivity contribution in [1.29, 1.82) is 0 Å². The molecule has 0 aromatic heterocycles. The maximum Gasteiger partial charge on any atom is 0.252 e. The van der Waals surface area contributed by atoms with Gasteiger partial charge >= 0.3 is 0 Å². The molecule has 2 N–H and O–H groups in total. The Bertz CT molecular complexity index is 581. The topological polar surface area (TPSA) is 61.6 Å².